The summed E-state index contributed by atoms with van der Waals surface area (Å²) in [5, 5.41) is 0. The maximum Gasteiger partial charge on any atom is 0.135 e. The smallest absolute Gasteiger partial charge is 0.135 e. The summed E-state index contributed by atoms with van der Waals surface area (Å²) in [6, 6.07) is 12.6. The number of aryl methyl sites for hydroxylation is 2. The highest BCUT2D eigenvalue weighted by Gasteiger charge is 2.12. The maximum absolute atomic E-state index is 5.65. The summed E-state index contributed by atoms with van der Waals surface area (Å²) in [5.74, 6) is 1.01. The zero-order valence-electron chi connectivity index (χ0n) is 11.6. The van der Waals surface area contributed by atoms with Gasteiger partial charge in [-0.3, -0.25) is 0 Å². The fourth-order valence-electron chi connectivity index (χ4n) is 2.09. The van der Waals surface area contributed by atoms with Gasteiger partial charge in [-0.25, -0.2) is 4.98 Å². The van der Waals surface area contributed by atoms with Gasteiger partial charge < -0.3 is 10.6 Å². The fraction of sp³-hybridized carbons (Fsp3) is 0.312. The Morgan fingerprint density at radius 3 is 2.47 bits per heavy atom. The lowest BCUT2D eigenvalue weighted by Gasteiger charge is -2.25. The van der Waals surface area contributed by atoms with Crippen LogP contribution >= 0.6 is 0 Å². The second-order valence-corrected chi connectivity index (χ2v) is 4.77. The van der Waals surface area contributed by atoms with Gasteiger partial charge in [0.05, 0.1) is 0 Å². The van der Waals surface area contributed by atoms with E-state index in [1.807, 2.05) is 12.3 Å². The molecule has 1 aromatic carbocycles. The molecule has 0 saturated carbocycles. The van der Waals surface area contributed by atoms with Crippen molar-refractivity contribution in [3.63, 3.8) is 0 Å². The van der Waals surface area contributed by atoms with E-state index >= 15 is 0 Å². The van der Waals surface area contributed by atoms with Gasteiger partial charge in [-0.05, 0) is 50.6 Å². The van der Waals surface area contributed by atoms with E-state index in [0.29, 0.717) is 6.54 Å². The molecular weight excluding hydrogens is 234 g/mol. The molecule has 0 fully saturated rings. The zero-order chi connectivity index (χ0) is 13.7. The Labute approximate surface area is 115 Å². The van der Waals surface area contributed by atoms with Crippen molar-refractivity contribution in [2.45, 2.75) is 20.3 Å². The first-order valence-corrected chi connectivity index (χ1v) is 6.68. The molecule has 0 bridgehead atoms. The third kappa shape index (κ3) is 3.32. The Kier molecular flexibility index (Phi) is 4.53. The van der Waals surface area contributed by atoms with E-state index in [1.54, 1.807) is 0 Å². The maximum atomic E-state index is 5.65. The predicted molar refractivity (Wildman–Crippen MR) is 80.8 cm³/mol. The molecule has 0 spiro atoms. The molecule has 100 valence electrons. The summed E-state index contributed by atoms with van der Waals surface area (Å²) >= 11 is 0. The van der Waals surface area contributed by atoms with Gasteiger partial charge in [-0.15, -0.1) is 0 Å². The van der Waals surface area contributed by atoms with E-state index in [2.05, 4.69) is 54.1 Å². The molecule has 0 aliphatic heterocycles. The average molecular weight is 255 g/mol. The third-order valence-electron chi connectivity index (χ3n) is 3.17. The van der Waals surface area contributed by atoms with Crippen LogP contribution < -0.4 is 10.6 Å². The first kappa shape index (κ1) is 13.6. The van der Waals surface area contributed by atoms with Crippen molar-refractivity contribution in [1.29, 1.82) is 0 Å². The van der Waals surface area contributed by atoms with Crippen LogP contribution in [0, 0.1) is 13.8 Å². The molecule has 2 rings (SSSR count). The number of nitrogens with zero attached hydrogens (tertiary/aromatic N) is 2. The lowest BCUT2D eigenvalue weighted by atomic mass is 10.2. The van der Waals surface area contributed by atoms with Crippen molar-refractivity contribution in [3.8, 4) is 0 Å². The van der Waals surface area contributed by atoms with Crippen LogP contribution in [0.1, 0.15) is 17.5 Å². The highest BCUT2D eigenvalue weighted by molar-refractivity contribution is 5.62. The van der Waals surface area contributed by atoms with Crippen LogP contribution in [0.5, 0.6) is 0 Å². The van der Waals surface area contributed by atoms with Gasteiger partial charge in [0.2, 0.25) is 0 Å². The first-order chi connectivity index (χ1) is 9.22. The molecule has 0 aliphatic carbocycles. The second-order valence-electron chi connectivity index (χ2n) is 4.77. The SMILES string of the molecule is Cc1ccc(N(CCCN)c2ncccc2C)cc1. The highest BCUT2D eigenvalue weighted by Crippen LogP contribution is 2.26. The quantitative estimate of drug-likeness (QED) is 0.892. The molecule has 3 heteroatoms. The molecule has 2 aromatic rings. The summed E-state index contributed by atoms with van der Waals surface area (Å²) in [7, 11) is 0. The largest absolute Gasteiger partial charge is 0.330 e. The van der Waals surface area contributed by atoms with Crippen molar-refractivity contribution >= 4 is 11.5 Å². The molecule has 0 saturated heterocycles. The number of benzene rings is 1. The monoisotopic (exact) mass is 255 g/mol. The average Bonchev–Trinajstić information content (AvgIpc) is 2.43. The standard InChI is InChI=1S/C16H21N3/c1-13-6-8-15(9-7-13)19(12-4-10-17)16-14(2)5-3-11-18-16/h3,5-9,11H,4,10,12,17H2,1-2H3. The van der Waals surface area contributed by atoms with Gasteiger partial charge in [0.15, 0.2) is 0 Å². The van der Waals surface area contributed by atoms with Gasteiger partial charge in [-0.1, -0.05) is 23.8 Å². The number of aromatic nitrogens is 1. The minimum atomic E-state index is 0.689. The molecule has 19 heavy (non-hydrogen) atoms. The molecule has 0 amide bonds. The number of anilines is 2. The fourth-order valence-corrected chi connectivity index (χ4v) is 2.09. The Balaban J connectivity index is 2.35. The lowest BCUT2D eigenvalue weighted by Crippen LogP contribution is -2.22. The molecule has 1 heterocycles. The molecule has 0 radical (unpaired) electrons. The molecule has 0 aliphatic rings. The van der Waals surface area contributed by atoms with Crippen LogP contribution in [-0.2, 0) is 0 Å². The van der Waals surface area contributed by atoms with Crippen LogP contribution in [0.3, 0.4) is 0 Å². The van der Waals surface area contributed by atoms with E-state index < -0.39 is 0 Å². The minimum Gasteiger partial charge on any atom is -0.330 e. The topological polar surface area (TPSA) is 42.1 Å². The number of nitrogens with two attached hydrogens (primary N) is 1. The Morgan fingerprint density at radius 1 is 1.11 bits per heavy atom. The van der Waals surface area contributed by atoms with Crippen LogP contribution in [0.4, 0.5) is 11.5 Å². The van der Waals surface area contributed by atoms with E-state index in [0.717, 1.165) is 18.8 Å². The molecule has 0 unspecified atom stereocenters. The van der Waals surface area contributed by atoms with E-state index in [1.165, 1.54) is 16.8 Å². The number of hydrogen-bond donors (Lipinski definition) is 1. The van der Waals surface area contributed by atoms with E-state index in [9.17, 15) is 0 Å². The number of pyridine rings is 1. The van der Waals surface area contributed by atoms with Crippen molar-refractivity contribution < 1.29 is 0 Å². The van der Waals surface area contributed by atoms with Gasteiger partial charge in [0.1, 0.15) is 5.82 Å². The number of hydrogen-bond acceptors (Lipinski definition) is 3. The molecule has 3 nitrogen and oxygen atoms in total. The van der Waals surface area contributed by atoms with Crippen molar-refractivity contribution in [2.75, 3.05) is 18.0 Å². The zero-order valence-corrected chi connectivity index (χ0v) is 11.6. The Hall–Kier alpha value is -1.87. The van der Waals surface area contributed by atoms with Crippen molar-refractivity contribution in [3.05, 3.63) is 53.7 Å². The number of rotatable bonds is 5. The third-order valence-corrected chi connectivity index (χ3v) is 3.17. The summed E-state index contributed by atoms with van der Waals surface area (Å²) in [6.07, 6.45) is 2.79. The highest BCUT2D eigenvalue weighted by atomic mass is 15.2. The summed E-state index contributed by atoms with van der Waals surface area (Å²) in [5.41, 5.74) is 9.26. The van der Waals surface area contributed by atoms with Gasteiger partial charge in [0, 0.05) is 18.4 Å². The minimum absolute atomic E-state index is 0.689. The van der Waals surface area contributed by atoms with Gasteiger partial charge in [-0.2, -0.15) is 0 Å². The summed E-state index contributed by atoms with van der Waals surface area (Å²) in [6.45, 7) is 5.76. The lowest BCUT2D eigenvalue weighted by molar-refractivity contribution is 0.808. The van der Waals surface area contributed by atoms with Crippen molar-refractivity contribution in [1.82, 2.24) is 4.98 Å². The van der Waals surface area contributed by atoms with Gasteiger partial charge in [0.25, 0.3) is 0 Å². The molecular formula is C16H21N3. The van der Waals surface area contributed by atoms with Crippen LogP contribution in [0.25, 0.3) is 0 Å². The second kappa shape index (κ2) is 6.34. The summed E-state index contributed by atoms with van der Waals surface area (Å²) < 4.78 is 0. The molecule has 2 N–H and O–H groups in total. The first-order valence-electron chi connectivity index (χ1n) is 6.68. The normalized spacial score (nSPS) is 10.5. The Morgan fingerprint density at radius 2 is 1.84 bits per heavy atom. The van der Waals surface area contributed by atoms with E-state index in [4.69, 9.17) is 5.73 Å². The Bertz CT molecular complexity index is 520. The van der Waals surface area contributed by atoms with Crippen LogP contribution in [-0.4, -0.2) is 18.1 Å². The van der Waals surface area contributed by atoms with Gasteiger partial charge >= 0.3 is 0 Å². The predicted octanol–water partition coefficient (Wildman–Crippen LogP) is 3.19. The molecule has 1 aromatic heterocycles. The van der Waals surface area contributed by atoms with E-state index in [-0.39, 0.29) is 0 Å². The van der Waals surface area contributed by atoms with Crippen molar-refractivity contribution in [2.24, 2.45) is 5.73 Å². The van der Waals surface area contributed by atoms with Crippen LogP contribution in [0.15, 0.2) is 42.6 Å². The molecule has 0 atom stereocenters. The van der Waals surface area contributed by atoms with Crippen LogP contribution in [0.2, 0.25) is 0 Å². The summed E-state index contributed by atoms with van der Waals surface area (Å²) in [4.78, 5) is 6.75.